The van der Waals surface area contributed by atoms with Crippen LogP contribution < -0.4 is 0 Å². The zero-order valence-electron chi connectivity index (χ0n) is 8.68. The Balaban J connectivity index is 2.74. The van der Waals surface area contributed by atoms with Crippen molar-refractivity contribution in [3.8, 4) is 0 Å². The third kappa shape index (κ3) is 3.43. The smallest absolute Gasteiger partial charge is 0.185 e. The Morgan fingerprint density at radius 2 is 1.64 bits per heavy atom. The van der Waals surface area contributed by atoms with E-state index in [0.717, 1.165) is 5.69 Å². The fourth-order valence-electron chi connectivity index (χ4n) is 0.939. The predicted octanol–water partition coefficient (Wildman–Crippen LogP) is 3.59. The largest absolute Gasteiger partial charge is 0.195 e. The van der Waals surface area contributed by atoms with E-state index in [9.17, 15) is 0 Å². The molecule has 0 spiro atoms. The minimum atomic E-state index is -0.579. The van der Waals surface area contributed by atoms with Gasteiger partial charge in [-0.25, -0.2) is 0 Å². The van der Waals surface area contributed by atoms with E-state index >= 15 is 0 Å². The van der Waals surface area contributed by atoms with Gasteiger partial charge in [-0.3, -0.25) is 0 Å². The van der Waals surface area contributed by atoms with Gasteiger partial charge in [0.1, 0.15) is 0 Å². The van der Waals surface area contributed by atoms with E-state index < -0.39 is 5.66 Å². The molecule has 0 fully saturated rings. The maximum atomic E-state index is 4.08. The molecular weight excluding hydrogens is 176 g/mol. The van der Waals surface area contributed by atoms with Crippen molar-refractivity contribution in [1.29, 1.82) is 0 Å². The Labute approximate surface area is 83.8 Å². The lowest BCUT2D eigenvalue weighted by Crippen LogP contribution is -2.10. The highest BCUT2D eigenvalue weighted by atomic mass is 15.3. The summed E-state index contributed by atoms with van der Waals surface area (Å²) in [5.74, 6) is 0. The highest BCUT2D eigenvalue weighted by Gasteiger charge is 2.13. The fourth-order valence-corrected chi connectivity index (χ4v) is 0.939. The summed E-state index contributed by atoms with van der Waals surface area (Å²) in [7, 11) is 1.62. The molecule has 0 aliphatic carbocycles. The second-order valence-electron chi connectivity index (χ2n) is 3.33. The Morgan fingerprint density at radius 3 is 2.21 bits per heavy atom. The van der Waals surface area contributed by atoms with Crippen molar-refractivity contribution in [2.75, 3.05) is 7.05 Å². The first-order valence-electron chi connectivity index (χ1n) is 4.43. The number of nitrogens with zero attached hydrogens (tertiary/aromatic N) is 4. The molecule has 0 aliphatic rings. The van der Waals surface area contributed by atoms with Crippen molar-refractivity contribution < 1.29 is 0 Å². The first-order valence-corrected chi connectivity index (χ1v) is 4.43. The number of hydrogen-bond donors (Lipinski definition) is 0. The number of benzene rings is 1. The van der Waals surface area contributed by atoms with Crippen molar-refractivity contribution in [3.63, 3.8) is 0 Å². The van der Waals surface area contributed by atoms with E-state index in [1.165, 1.54) is 0 Å². The molecule has 1 aromatic carbocycles. The van der Waals surface area contributed by atoms with Gasteiger partial charge in [0.05, 0.1) is 5.69 Å². The van der Waals surface area contributed by atoms with E-state index in [2.05, 4.69) is 20.5 Å². The molecule has 0 heterocycles. The van der Waals surface area contributed by atoms with Crippen molar-refractivity contribution in [3.05, 3.63) is 30.3 Å². The molecule has 1 aromatic rings. The van der Waals surface area contributed by atoms with E-state index in [0.29, 0.717) is 0 Å². The molecule has 0 unspecified atom stereocenters. The summed E-state index contributed by atoms with van der Waals surface area (Å²) in [5.41, 5.74) is 0.247. The first-order chi connectivity index (χ1) is 6.64. The summed E-state index contributed by atoms with van der Waals surface area (Å²) in [6.45, 7) is 3.71. The highest BCUT2D eigenvalue weighted by molar-refractivity contribution is 5.34. The van der Waals surface area contributed by atoms with Crippen molar-refractivity contribution >= 4 is 5.69 Å². The normalized spacial score (nSPS) is 12.8. The summed E-state index contributed by atoms with van der Waals surface area (Å²) in [6, 6.07) is 9.56. The van der Waals surface area contributed by atoms with Gasteiger partial charge in [0.2, 0.25) is 0 Å². The molecule has 0 amide bonds. The van der Waals surface area contributed by atoms with E-state index in [-0.39, 0.29) is 0 Å². The second kappa shape index (κ2) is 4.60. The molecular formula is C10H14N4. The fraction of sp³-hybridized carbons (Fsp3) is 0.400. The standard InChI is InChI=1S/C10H14N4/c1-10(2,13-11-3)14-12-9-7-5-4-6-8-9/h4-8H,1-3H3. The van der Waals surface area contributed by atoms with Gasteiger partial charge in [-0.2, -0.15) is 20.5 Å². The van der Waals surface area contributed by atoms with Crippen LogP contribution in [0, 0.1) is 0 Å². The van der Waals surface area contributed by atoms with Crippen molar-refractivity contribution in [2.24, 2.45) is 20.5 Å². The minimum Gasteiger partial charge on any atom is -0.195 e. The molecule has 0 atom stereocenters. The molecule has 0 aromatic heterocycles. The van der Waals surface area contributed by atoms with Gasteiger partial charge in [-0.1, -0.05) is 18.2 Å². The number of rotatable bonds is 3. The predicted molar refractivity (Wildman–Crippen MR) is 55.8 cm³/mol. The lowest BCUT2D eigenvalue weighted by Gasteiger charge is -2.08. The lowest BCUT2D eigenvalue weighted by atomic mass is 10.3. The Kier molecular flexibility index (Phi) is 3.45. The van der Waals surface area contributed by atoms with E-state index in [4.69, 9.17) is 0 Å². The monoisotopic (exact) mass is 190 g/mol. The first kappa shape index (κ1) is 10.5. The van der Waals surface area contributed by atoms with Crippen LogP contribution in [0.15, 0.2) is 50.8 Å². The molecule has 0 radical (unpaired) electrons. The number of hydrogen-bond acceptors (Lipinski definition) is 4. The second-order valence-corrected chi connectivity index (χ2v) is 3.33. The van der Waals surface area contributed by atoms with Gasteiger partial charge in [0.25, 0.3) is 0 Å². The zero-order valence-corrected chi connectivity index (χ0v) is 8.68. The molecule has 0 saturated heterocycles. The maximum Gasteiger partial charge on any atom is 0.185 e. The van der Waals surface area contributed by atoms with Crippen LogP contribution in [0.2, 0.25) is 0 Å². The molecule has 74 valence electrons. The van der Waals surface area contributed by atoms with Gasteiger partial charge in [0.15, 0.2) is 5.66 Å². The SMILES string of the molecule is CN=NC(C)(C)N=Nc1ccccc1. The summed E-state index contributed by atoms with van der Waals surface area (Å²) >= 11 is 0. The summed E-state index contributed by atoms with van der Waals surface area (Å²) in [6.07, 6.45) is 0. The Bertz CT molecular complexity index is 327. The molecule has 1 rings (SSSR count). The molecule has 0 aliphatic heterocycles. The average Bonchev–Trinajstić information content (AvgIpc) is 2.17. The lowest BCUT2D eigenvalue weighted by molar-refractivity contribution is 0.495. The van der Waals surface area contributed by atoms with Gasteiger partial charge >= 0.3 is 0 Å². The van der Waals surface area contributed by atoms with Crippen LogP contribution in [0.4, 0.5) is 5.69 Å². The van der Waals surface area contributed by atoms with Crippen LogP contribution >= 0.6 is 0 Å². The van der Waals surface area contributed by atoms with Crippen LogP contribution in [0.25, 0.3) is 0 Å². The quantitative estimate of drug-likeness (QED) is 0.654. The summed E-state index contributed by atoms with van der Waals surface area (Å²) < 4.78 is 0. The van der Waals surface area contributed by atoms with Crippen molar-refractivity contribution in [2.45, 2.75) is 19.5 Å². The number of azo groups is 2. The van der Waals surface area contributed by atoms with Gasteiger partial charge in [0, 0.05) is 7.05 Å². The molecule has 0 saturated carbocycles. The molecule has 0 bridgehead atoms. The van der Waals surface area contributed by atoms with Crippen LogP contribution in [0.5, 0.6) is 0 Å². The van der Waals surface area contributed by atoms with Gasteiger partial charge in [-0.15, -0.1) is 0 Å². The Morgan fingerprint density at radius 1 is 1.00 bits per heavy atom. The highest BCUT2D eigenvalue weighted by Crippen LogP contribution is 2.17. The summed E-state index contributed by atoms with van der Waals surface area (Å²) in [5, 5.41) is 15.8. The van der Waals surface area contributed by atoms with Crippen LogP contribution in [-0.2, 0) is 0 Å². The Hall–Kier alpha value is -1.58. The molecule has 4 heteroatoms. The summed E-state index contributed by atoms with van der Waals surface area (Å²) in [4.78, 5) is 0. The molecule has 4 nitrogen and oxygen atoms in total. The zero-order chi connectivity index (χ0) is 10.4. The maximum absolute atomic E-state index is 4.08. The van der Waals surface area contributed by atoms with Gasteiger partial charge < -0.3 is 0 Å². The minimum absolute atomic E-state index is 0.579. The van der Waals surface area contributed by atoms with Crippen LogP contribution in [0.1, 0.15) is 13.8 Å². The van der Waals surface area contributed by atoms with Crippen molar-refractivity contribution in [1.82, 2.24) is 0 Å². The third-order valence-corrected chi connectivity index (χ3v) is 1.51. The topological polar surface area (TPSA) is 49.4 Å². The molecule has 0 N–H and O–H groups in total. The van der Waals surface area contributed by atoms with E-state index in [1.807, 2.05) is 44.2 Å². The average molecular weight is 190 g/mol. The van der Waals surface area contributed by atoms with Gasteiger partial charge in [-0.05, 0) is 26.0 Å². The van der Waals surface area contributed by atoms with Crippen LogP contribution in [0.3, 0.4) is 0 Å². The van der Waals surface area contributed by atoms with E-state index in [1.54, 1.807) is 7.05 Å². The van der Waals surface area contributed by atoms with Crippen LogP contribution in [-0.4, -0.2) is 12.7 Å². The third-order valence-electron chi connectivity index (χ3n) is 1.51. The molecule has 14 heavy (non-hydrogen) atoms.